The molecule has 4 nitrogen and oxygen atoms in total. The zero-order valence-electron chi connectivity index (χ0n) is 20.2. The third-order valence-electron chi connectivity index (χ3n) is 5.92. The van der Waals surface area contributed by atoms with Gasteiger partial charge in [-0.25, -0.2) is 9.37 Å². The molecule has 4 rings (SSSR count). The zero-order valence-corrected chi connectivity index (χ0v) is 21.1. The predicted octanol–water partition coefficient (Wildman–Crippen LogP) is 5.70. The second-order valence-electron chi connectivity index (χ2n) is 8.37. The molecule has 0 bridgehead atoms. The highest BCUT2D eigenvalue weighted by Crippen LogP contribution is 2.27. The Hall–Kier alpha value is -2.44. The molecule has 0 spiro atoms. The van der Waals surface area contributed by atoms with Crippen LogP contribution in [-0.4, -0.2) is 55.1 Å². The summed E-state index contributed by atoms with van der Waals surface area (Å²) in [6, 6.07) is 5.18. The lowest BCUT2D eigenvalue weighted by Gasteiger charge is -2.27. The van der Waals surface area contributed by atoms with Crippen molar-refractivity contribution in [2.24, 2.45) is 0 Å². The number of hydrogen-bond acceptors (Lipinski definition) is 5. The van der Waals surface area contributed by atoms with E-state index in [2.05, 4.69) is 41.4 Å². The molecule has 0 N–H and O–H groups in total. The lowest BCUT2D eigenvalue weighted by molar-refractivity contribution is 0.251. The maximum atomic E-state index is 13.6. The quantitative estimate of drug-likeness (QED) is 0.465. The maximum absolute atomic E-state index is 13.6. The first-order chi connectivity index (χ1) is 15.9. The maximum Gasteiger partial charge on any atom is 0.273 e. The summed E-state index contributed by atoms with van der Waals surface area (Å²) in [5, 5.41) is 0.780. The SMILES string of the molecule is C=C(/C=C(/CC)N(C)CCN1CCc2nc(OC)sc2CC1)c1ccc(F)c(C)c1.[CH]1C=C1. The summed E-state index contributed by atoms with van der Waals surface area (Å²) in [6.07, 6.45) is 11.1. The fourth-order valence-corrected chi connectivity index (χ4v) is 4.65. The fraction of sp³-hybridized carbons (Fsp3) is 0.407. The summed E-state index contributed by atoms with van der Waals surface area (Å²) in [5.41, 5.74) is 4.97. The van der Waals surface area contributed by atoms with Crippen molar-refractivity contribution in [2.75, 3.05) is 40.3 Å². The number of hydrogen-bond donors (Lipinski definition) is 0. The summed E-state index contributed by atoms with van der Waals surface area (Å²) in [6.45, 7) is 12.2. The van der Waals surface area contributed by atoms with E-state index >= 15 is 0 Å². The second-order valence-corrected chi connectivity index (χ2v) is 9.42. The van der Waals surface area contributed by atoms with Gasteiger partial charge in [-0.2, -0.15) is 0 Å². The first-order valence-electron chi connectivity index (χ1n) is 11.5. The molecule has 1 radical (unpaired) electrons. The van der Waals surface area contributed by atoms with E-state index < -0.39 is 0 Å². The van der Waals surface area contributed by atoms with E-state index in [1.807, 2.05) is 24.6 Å². The van der Waals surface area contributed by atoms with Crippen LogP contribution in [0.2, 0.25) is 0 Å². The second kappa shape index (κ2) is 12.1. The number of allylic oxidation sites excluding steroid dienone is 5. The smallest absolute Gasteiger partial charge is 0.273 e. The molecule has 2 heterocycles. The third kappa shape index (κ3) is 7.54. The summed E-state index contributed by atoms with van der Waals surface area (Å²) in [5.74, 6) is -0.177. The molecule has 0 saturated heterocycles. The standard InChI is InChI=1S/C24H32FN3OS.C3H3/c1-6-20(16-17(2)19-7-8-21(25)18(3)15-19)27(4)13-14-28-11-9-22-23(10-12-28)30-24(26-22)29-5;1-2-3-1/h7-8,15-16H,2,6,9-14H2,1,3-5H3;1-3H/b20-16-;. The van der Waals surface area contributed by atoms with Crippen LogP contribution in [0.5, 0.6) is 5.19 Å². The Morgan fingerprint density at radius 2 is 2.03 bits per heavy atom. The largest absolute Gasteiger partial charge is 0.473 e. The minimum atomic E-state index is -0.177. The van der Waals surface area contributed by atoms with Crippen LogP contribution in [0.3, 0.4) is 0 Å². The number of likely N-dealkylation sites (N-methyl/N-ethyl adjacent to an activating group) is 1. The number of thiazole rings is 1. The van der Waals surface area contributed by atoms with Gasteiger partial charge in [0.25, 0.3) is 5.19 Å². The highest BCUT2D eigenvalue weighted by molar-refractivity contribution is 7.13. The fourth-order valence-electron chi connectivity index (χ4n) is 3.74. The molecule has 0 amide bonds. The van der Waals surface area contributed by atoms with Crippen molar-refractivity contribution >= 4 is 16.9 Å². The number of methoxy groups -OCH3 is 1. The van der Waals surface area contributed by atoms with Gasteiger partial charge in [-0.3, -0.25) is 0 Å². The van der Waals surface area contributed by atoms with Crippen LogP contribution in [0.4, 0.5) is 4.39 Å². The van der Waals surface area contributed by atoms with Crippen LogP contribution in [-0.2, 0) is 12.8 Å². The molecule has 2 aromatic rings. The molecule has 0 unspecified atom stereocenters. The molecule has 6 heteroatoms. The van der Waals surface area contributed by atoms with Crippen molar-refractivity contribution < 1.29 is 9.13 Å². The number of rotatable bonds is 8. The molecular weight excluding hydrogens is 433 g/mol. The normalized spacial score (nSPS) is 15.2. The Bertz CT molecular complexity index is 981. The monoisotopic (exact) mass is 468 g/mol. The number of aromatic nitrogens is 1. The Morgan fingerprint density at radius 3 is 2.67 bits per heavy atom. The molecule has 0 fully saturated rings. The highest BCUT2D eigenvalue weighted by Gasteiger charge is 2.19. The Labute approximate surface area is 202 Å². The zero-order chi connectivity index (χ0) is 23.8. The van der Waals surface area contributed by atoms with Crippen molar-refractivity contribution in [3.05, 3.63) is 82.6 Å². The van der Waals surface area contributed by atoms with Gasteiger partial charge in [0.15, 0.2) is 0 Å². The van der Waals surface area contributed by atoms with E-state index in [4.69, 9.17) is 4.74 Å². The third-order valence-corrected chi connectivity index (χ3v) is 7.04. The number of benzene rings is 1. The van der Waals surface area contributed by atoms with Gasteiger partial charge in [-0.1, -0.05) is 43.1 Å². The van der Waals surface area contributed by atoms with E-state index in [0.717, 1.165) is 61.8 Å². The van der Waals surface area contributed by atoms with Gasteiger partial charge >= 0.3 is 0 Å². The Kier molecular flexibility index (Phi) is 9.27. The van der Waals surface area contributed by atoms with Gasteiger partial charge in [0.05, 0.1) is 12.8 Å². The molecule has 0 saturated carbocycles. The Morgan fingerprint density at radius 1 is 1.30 bits per heavy atom. The van der Waals surface area contributed by atoms with Crippen molar-refractivity contribution in [3.63, 3.8) is 0 Å². The minimum absolute atomic E-state index is 0.177. The van der Waals surface area contributed by atoms with Crippen LogP contribution < -0.4 is 4.74 Å². The van der Waals surface area contributed by atoms with Gasteiger partial charge in [-0.05, 0) is 54.7 Å². The van der Waals surface area contributed by atoms with Crippen LogP contribution in [0, 0.1) is 19.2 Å². The topological polar surface area (TPSA) is 28.6 Å². The molecule has 177 valence electrons. The summed E-state index contributed by atoms with van der Waals surface area (Å²) in [7, 11) is 3.82. The first-order valence-corrected chi connectivity index (χ1v) is 12.3. The lowest BCUT2D eigenvalue weighted by atomic mass is 10.0. The van der Waals surface area contributed by atoms with Gasteiger partial charge in [0, 0.05) is 56.6 Å². The van der Waals surface area contributed by atoms with Crippen molar-refractivity contribution in [3.8, 4) is 5.19 Å². The summed E-state index contributed by atoms with van der Waals surface area (Å²) in [4.78, 5) is 10.8. The van der Waals surface area contributed by atoms with Gasteiger partial charge in [0.1, 0.15) is 5.82 Å². The van der Waals surface area contributed by atoms with E-state index in [0.29, 0.717) is 5.56 Å². The van der Waals surface area contributed by atoms with E-state index in [9.17, 15) is 4.39 Å². The van der Waals surface area contributed by atoms with E-state index in [1.165, 1.54) is 22.3 Å². The van der Waals surface area contributed by atoms with Crippen molar-refractivity contribution in [1.82, 2.24) is 14.8 Å². The van der Waals surface area contributed by atoms with Gasteiger partial charge < -0.3 is 14.5 Å². The van der Waals surface area contributed by atoms with Crippen molar-refractivity contribution in [2.45, 2.75) is 33.1 Å². The van der Waals surface area contributed by atoms with Gasteiger partial charge in [-0.15, -0.1) is 0 Å². The number of ether oxygens (including phenoxy) is 1. The number of aryl methyl sites for hydroxylation is 1. The first kappa shape index (κ1) is 25.2. The average molecular weight is 469 g/mol. The molecule has 1 aliphatic carbocycles. The molecule has 33 heavy (non-hydrogen) atoms. The van der Waals surface area contributed by atoms with E-state index in [1.54, 1.807) is 31.4 Å². The van der Waals surface area contributed by atoms with Crippen LogP contribution >= 0.6 is 11.3 Å². The molecule has 0 atom stereocenters. The number of halogens is 1. The van der Waals surface area contributed by atoms with Gasteiger partial charge in [0.2, 0.25) is 0 Å². The van der Waals surface area contributed by atoms with E-state index in [-0.39, 0.29) is 5.82 Å². The molecular formula is C27H35FN3OS. The minimum Gasteiger partial charge on any atom is -0.473 e. The summed E-state index contributed by atoms with van der Waals surface area (Å²) < 4.78 is 18.8. The Balaban J connectivity index is 0.000000942. The molecule has 1 aromatic heterocycles. The van der Waals surface area contributed by atoms with Crippen molar-refractivity contribution in [1.29, 1.82) is 0 Å². The number of nitrogens with zero attached hydrogens (tertiary/aromatic N) is 3. The van der Waals surface area contributed by atoms with Crippen LogP contribution in [0.1, 0.15) is 35.0 Å². The average Bonchev–Trinajstić information content (AvgIpc) is 3.67. The molecule has 1 aromatic carbocycles. The molecule has 2 aliphatic rings. The highest BCUT2D eigenvalue weighted by atomic mass is 32.1. The summed E-state index contributed by atoms with van der Waals surface area (Å²) >= 11 is 1.68. The van der Waals surface area contributed by atoms with Crippen LogP contribution in [0.25, 0.3) is 5.57 Å². The molecule has 1 aliphatic heterocycles. The predicted molar refractivity (Wildman–Crippen MR) is 137 cm³/mol. The number of fused-ring (bicyclic) bond motifs is 1. The lowest BCUT2D eigenvalue weighted by Crippen LogP contribution is -2.34. The van der Waals surface area contributed by atoms with Crippen LogP contribution in [0.15, 0.2) is 48.7 Å².